The summed E-state index contributed by atoms with van der Waals surface area (Å²) in [4.78, 5) is 5.60. The average Bonchev–Trinajstić information content (AvgIpc) is 3.29. The van der Waals surface area contributed by atoms with E-state index in [1.165, 1.54) is 18.9 Å². The van der Waals surface area contributed by atoms with Gasteiger partial charge in [-0.05, 0) is 82.4 Å². The fraction of sp³-hybridized carbons (Fsp3) is 0.300. The van der Waals surface area contributed by atoms with Crippen molar-refractivity contribution < 1.29 is 0 Å². The molecule has 0 saturated heterocycles. The van der Waals surface area contributed by atoms with Gasteiger partial charge in [0.05, 0.1) is 0 Å². The summed E-state index contributed by atoms with van der Waals surface area (Å²) in [6, 6.07) is 17.7. The fourth-order valence-corrected chi connectivity index (χ4v) is 4.48. The topological polar surface area (TPSA) is 3.24 Å². The monoisotopic (exact) mass is 467 g/mol. The van der Waals surface area contributed by atoms with Gasteiger partial charge in [-0.2, -0.15) is 0 Å². The molecular formula is C20H22INS2. The minimum atomic E-state index is 1.13. The Bertz CT molecular complexity index is 652. The summed E-state index contributed by atoms with van der Waals surface area (Å²) in [5.41, 5.74) is 1.44. The van der Waals surface area contributed by atoms with Crippen molar-refractivity contribution in [2.75, 3.05) is 19.6 Å². The normalized spacial score (nSPS) is 11.2. The van der Waals surface area contributed by atoms with Crippen LogP contribution in [0.15, 0.2) is 59.3 Å². The molecule has 1 aromatic carbocycles. The maximum atomic E-state index is 2.62. The predicted octanol–water partition coefficient (Wildman–Crippen LogP) is 5.74. The lowest BCUT2D eigenvalue weighted by molar-refractivity contribution is 0.285. The van der Waals surface area contributed by atoms with Crippen molar-refractivity contribution in [3.05, 3.63) is 78.2 Å². The molecular weight excluding hydrogens is 445 g/mol. The fourth-order valence-electron chi connectivity index (χ4n) is 2.72. The molecule has 0 saturated carbocycles. The van der Waals surface area contributed by atoms with Gasteiger partial charge >= 0.3 is 0 Å². The van der Waals surface area contributed by atoms with E-state index in [0.717, 1.165) is 38.9 Å². The first-order valence-electron chi connectivity index (χ1n) is 8.31. The van der Waals surface area contributed by atoms with E-state index in [0.29, 0.717) is 0 Å². The van der Waals surface area contributed by atoms with E-state index in [-0.39, 0.29) is 0 Å². The molecule has 0 unspecified atom stereocenters. The third-order valence-electron chi connectivity index (χ3n) is 4.14. The van der Waals surface area contributed by atoms with Crippen molar-refractivity contribution in [3.63, 3.8) is 0 Å². The van der Waals surface area contributed by atoms with Crippen LogP contribution in [-0.4, -0.2) is 24.5 Å². The lowest BCUT2D eigenvalue weighted by atomic mass is 10.1. The molecule has 0 bridgehead atoms. The number of rotatable bonds is 9. The first kappa shape index (κ1) is 18.1. The molecule has 0 N–H and O–H groups in total. The molecule has 126 valence electrons. The highest BCUT2D eigenvalue weighted by atomic mass is 127. The summed E-state index contributed by atoms with van der Waals surface area (Å²) in [6.07, 6.45) is 3.45. The Hall–Kier alpha value is -0.690. The molecule has 0 aliphatic carbocycles. The van der Waals surface area contributed by atoms with Crippen molar-refractivity contribution in [2.45, 2.75) is 19.3 Å². The van der Waals surface area contributed by atoms with Gasteiger partial charge in [-0.15, -0.1) is 22.7 Å². The number of nitrogens with zero attached hydrogens (tertiary/aromatic N) is 1. The number of halogens is 1. The summed E-state index contributed by atoms with van der Waals surface area (Å²) in [6.45, 7) is 3.43. The van der Waals surface area contributed by atoms with Crippen molar-refractivity contribution >= 4 is 45.3 Å². The highest BCUT2D eigenvalue weighted by Crippen LogP contribution is 2.13. The second-order valence-corrected chi connectivity index (χ2v) is 9.19. The number of hydrogen-bond donors (Lipinski definition) is 0. The molecule has 24 heavy (non-hydrogen) atoms. The minimum Gasteiger partial charge on any atom is -0.302 e. The molecule has 0 radical (unpaired) electrons. The van der Waals surface area contributed by atoms with Crippen LogP contribution in [0.1, 0.15) is 15.3 Å². The van der Waals surface area contributed by atoms with E-state index < -0.39 is 0 Å². The van der Waals surface area contributed by atoms with Crippen LogP contribution in [0.3, 0.4) is 0 Å². The number of hydrogen-bond acceptors (Lipinski definition) is 3. The van der Waals surface area contributed by atoms with Crippen LogP contribution in [0.5, 0.6) is 0 Å². The zero-order chi connectivity index (χ0) is 16.6. The Morgan fingerprint density at radius 3 is 1.75 bits per heavy atom. The summed E-state index contributed by atoms with van der Waals surface area (Å²) >= 11 is 6.11. The molecule has 0 fully saturated rings. The molecule has 4 heteroatoms. The van der Waals surface area contributed by atoms with E-state index in [9.17, 15) is 0 Å². The smallest absolute Gasteiger partial charge is 0.0130 e. The van der Waals surface area contributed by atoms with Gasteiger partial charge in [-0.3, -0.25) is 0 Å². The molecule has 2 heterocycles. The lowest BCUT2D eigenvalue weighted by Crippen LogP contribution is -2.30. The SMILES string of the molecule is Ic1ccc(CCN(CCc2cccs2)CCc2cccs2)cc1. The Balaban J connectivity index is 1.54. The molecule has 1 nitrogen and oxygen atoms in total. The van der Waals surface area contributed by atoms with Crippen molar-refractivity contribution in [1.82, 2.24) is 4.90 Å². The predicted molar refractivity (Wildman–Crippen MR) is 115 cm³/mol. The van der Waals surface area contributed by atoms with Gasteiger partial charge in [0.1, 0.15) is 0 Å². The van der Waals surface area contributed by atoms with Crippen molar-refractivity contribution in [1.29, 1.82) is 0 Å². The van der Waals surface area contributed by atoms with Gasteiger partial charge in [-0.1, -0.05) is 24.3 Å². The largest absolute Gasteiger partial charge is 0.302 e. The van der Waals surface area contributed by atoms with Crippen LogP contribution < -0.4 is 0 Å². The van der Waals surface area contributed by atoms with Crippen LogP contribution >= 0.6 is 45.3 Å². The molecule has 0 amide bonds. The van der Waals surface area contributed by atoms with Crippen molar-refractivity contribution in [3.8, 4) is 0 Å². The zero-order valence-corrected chi connectivity index (χ0v) is 17.4. The molecule has 0 aliphatic heterocycles. The van der Waals surface area contributed by atoms with E-state index in [2.05, 4.69) is 86.8 Å². The first-order valence-corrected chi connectivity index (χ1v) is 11.1. The Kier molecular flexibility index (Phi) is 7.32. The highest BCUT2D eigenvalue weighted by molar-refractivity contribution is 14.1. The van der Waals surface area contributed by atoms with Crippen molar-refractivity contribution in [2.24, 2.45) is 0 Å². The molecule has 0 spiro atoms. The van der Waals surface area contributed by atoms with Crippen LogP contribution in [0, 0.1) is 3.57 Å². The van der Waals surface area contributed by atoms with Crippen LogP contribution in [0.2, 0.25) is 0 Å². The number of thiophene rings is 2. The number of benzene rings is 1. The molecule has 0 atom stereocenters. The Morgan fingerprint density at radius 1 is 0.708 bits per heavy atom. The maximum Gasteiger partial charge on any atom is 0.0130 e. The lowest BCUT2D eigenvalue weighted by Gasteiger charge is -2.22. The Morgan fingerprint density at radius 2 is 1.25 bits per heavy atom. The van der Waals surface area contributed by atoms with Gasteiger partial charge in [0.15, 0.2) is 0 Å². The average molecular weight is 467 g/mol. The standard InChI is InChI=1S/C20H22INS2/c21-18-7-5-17(6-8-18)9-12-22(13-10-19-3-1-15-23-19)14-11-20-4-2-16-24-20/h1-8,15-16H,9-14H2. The van der Waals surface area contributed by atoms with Crippen LogP contribution in [0.25, 0.3) is 0 Å². The molecule has 0 aliphatic rings. The van der Waals surface area contributed by atoms with Gasteiger partial charge < -0.3 is 4.90 Å². The Labute approximate surface area is 166 Å². The summed E-state index contributed by atoms with van der Waals surface area (Å²) < 4.78 is 1.31. The molecule has 3 rings (SSSR count). The van der Waals surface area contributed by atoms with Gasteiger partial charge in [0.2, 0.25) is 0 Å². The minimum absolute atomic E-state index is 1.13. The van der Waals surface area contributed by atoms with Crippen LogP contribution in [0.4, 0.5) is 0 Å². The second kappa shape index (κ2) is 9.70. The quantitative estimate of drug-likeness (QED) is 0.363. The summed E-state index contributed by atoms with van der Waals surface area (Å²) in [5.74, 6) is 0. The van der Waals surface area contributed by atoms with E-state index in [1.807, 2.05) is 22.7 Å². The van der Waals surface area contributed by atoms with Gasteiger partial charge in [-0.25, -0.2) is 0 Å². The van der Waals surface area contributed by atoms with Gasteiger partial charge in [0, 0.05) is 33.0 Å². The molecule has 2 aromatic heterocycles. The first-order chi connectivity index (χ1) is 11.8. The van der Waals surface area contributed by atoms with Crippen LogP contribution in [-0.2, 0) is 19.3 Å². The van der Waals surface area contributed by atoms with E-state index in [1.54, 1.807) is 0 Å². The van der Waals surface area contributed by atoms with Gasteiger partial charge in [0.25, 0.3) is 0 Å². The maximum absolute atomic E-state index is 2.62. The summed E-state index contributed by atoms with van der Waals surface area (Å²) in [5, 5.41) is 4.35. The third kappa shape index (κ3) is 5.99. The second-order valence-electron chi connectivity index (χ2n) is 5.88. The van der Waals surface area contributed by atoms with E-state index >= 15 is 0 Å². The molecule has 3 aromatic rings. The third-order valence-corrected chi connectivity index (χ3v) is 6.73. The highest BCUT2D eigenvalue weighted by Gasteiger charge is 2.07. The summed E-state index contributed by atoms with van der Waals surface area (Å²) in [7, 11) is 0. The zero-order valence-electron chi connectivity index (χ0n) is 13.7. The van der Waals surface area contributed by atoms with E-state index in [4.69, 9.17) is 0 Å².